The molecule has 25 heavy (non-hydrogen) atoms. The molecule has 1 atom stereocenters. The van der Waals surface area contributed by atoms with E-state index in [-0.39, 0.29) is 23.9 Å². The van der Waals surface area contributed by atoms with Crippen LogP contribution in [0.3, 0.4) is 0 Å². The van der Waals surface area contributed by atoms with Gasteiger partial charge in [0.25, 0.3) is 0 Å². The van der Waals surface area contributed by atoms with Gasteiger partial charge in [0.05, 0.1) is 5.69 Å². The van der Waals surface area contributed by atoms with Crippen molar-refractivity contribution >= 4 is 17.8 Å². The molecule has 7 nitrogen and oxygen atoms in total. The molecule has 1 aromatic rings. The van der Waals surface area contributed by atoms with E-state index in [0.29, 0.717) is 30.7 Å². The number of anilines is 1. The summed E-state index contributed by atoms with van der Waals surface area (Å²) in [7, 11) is 0. The van der Waals surface area contributed by atoms with E-state index in [9.17, 15) is 9.59 Å². The summed E-state index contributed by atoms with van der Waals surface area (Å²) in [6, 6.07) is 2.32. The Morgan fingerprint density at radius 3 is 2.64 bits per heavy atom. The van der Waals surface area contributed by atoms with Crippen molar-refractivity contribution < 1.29 is 9.59 Å². The molecule has 1 saturated heterocycles. The standard InChI is InChI=1S/C18H29N5O2/c1-11(2)15-8-16(23(21-15)12(3)4)20-18(25)19-9-13-7-17(24)22(10-13)14-5-6-14/h8,11-14H,5-7,9-10H2,1-4H3,(H2,19,20,25). The largest absolute Gasteiger partial charge is 0.339 e. The van der Waals surface area contributed by atoms with Gasteiger partial charge in [-0.2, -0.15) is 5.10 Å². The number of hydrogen-bond donors (Lipinski definition) is 2. The van der Waals surface area contributed by atoms with Crippen molar-refractivity contribution in [2.24, 2.45) is 5.92 Å². The van der Waals surface area contributed by atoms with Gasteiger partial charge in [-0.05, 0) is 32.6 Å². The van der Waals surface area contributed by atoms with Crippen LogP contribution in [-0.2, 0) is 4.79 Å². The molecule has 1 aliphatic heterocycles. The molecule has 2 aliphatic rings. The second-order valence-corrected chi connectivity index (χ2v) is 7.83. The van der Waals surface area contributed by atoms with Gasteiger partial charge in [-0.15, -0.1) is 0 Å². The molecule has 0 radical (unpaired) electrons. The number of aromatic nitrogens is 2. The van der Waals surface area contributed by atoms with Crippen LogP contribution in [0.5, 0.6) is 0 Å². The summed E-state index contributed by atoms with van der Waals surface area (Å²) in [5.41, 5.74) is 0.963. The van der Waals surface area contributed by atoms with E-state index in [2.05, 4.69) is 29.6 Å². The SMILES string of the molecule is CC(C)c1cc(NC(=O)NCC2CC(=O)N(C3CC3)C2)n(C(C)C)n1. The fourth-order valence-corrected chi connectivity index (χ4v) is 3.26. The van der Waals surface area contributed by atoms with Gasteiger partial charge in [-0.1, -0.05) is 13.8 Å². The highest BCUT2D eigenvalue weighted by molar-refractivity contribution is 5.88. The highest BCUT2D eigenvalue weighted by Gasteiger charge is 2.39. The van der Waals surface area contributed by atoms with Crippen LogP contribution in [0, 0.1) is 5.92 Å². The molecule has 0 spiro atoms. The minimum absolute atomic E-state index is 0.169. The Hall–Kier alpha value is -2.05. The quantitative estimate of drug-likeness (QED) is 0.830. The first-order valence-electron chi connectivity index (χ1n) is 9.29. The Bertz CT molecular complexity index is 648. The second kappa shape index (κ2) is 7.06. The molecule has 7 heteroatoms. The highest BCUT2D eigenvalue weighted by atomic mass is 16.2. The van der Waals surface area contributed by atoms with Crippen molar-refractivity contribution in [2.45, 2.75) is 65.0 Å². The molecule has 1 aromatic heterocycles. The lowest BCUT2D eigenvalue weighted by Crippen LogP contribution is -2.35. The van der Waals surface area contributed by atoms with Gasteiger partial charge in [0, 0.05) is 43.6 Å². The van der Waals surface area contributed by atoms with Gasteiger partial charge in [-0.3, -0.25) is 10.1 Å². The van der Waals surface area contributed by atoms with Crippen LogP contribution in [-0.4, -0.2) is 45.8 Å². The van der Waals surface area contributed by atoms with Crippen LogP contribution in [0.1, 0.15) is 64.6 Å². The van der Waals surface area contributed by atoms with E-state index in [1.54, 1.807) is 0 Å². The predicted molar refractivity (Wildman–Crippen MR) is 96.6 cm³/mol. The minimum atomic E-state index is -0.241. The number of nitrogens with zero attached hydrogens (tertiary/aromatic N) is 3. The first-order valence-corrected chi connectivity index (χ1v) is 9.29. The van der Waals surface area contributed by atoms with E-state index < -0.39 is 0 Å². The Kier molecular flexibility index (Phi) is 5.01. The zero-order valence-electron chi connectivity index (χ0n) is 15.6. The summed E-state index contributed by atoms with van der Waals surface area (Å²) < 4.78 is 1.84. The fraction of sp³-hybridized carbons (Fsp3) is 0.722. The third kappa shape index (κ3) is 4.14. The lowest BCUT2D eigenvalue weighted by molar-refractivity contribution is -0.128. The molecule has 2 N–H and O–H groups in total. The number of carbonyl (C=O) groups excluding carboxylic acids is 2. The zero-order valence-corrected chi connectivity index (χ0v) is 15.6. The van der Waals surface area contributed by atoms with Crippen molar-refractivity contribution in [1.29, 1.82) is 0 Å². The predicted octanol–water partition coefficient (Wildman–Crippen LogP) is 2.72. The maximum atomic E-state index is 12.3. The normalized spacial score (nSPS) is 20.6. The van der Waals surface area contributed by atoms with Gasteiger partial charge in [-0.25, -0.2) is 9.48 Å². The van der Waals surface area contributed by atoms with E-state index in [1.807, 2.05) is 29.5 Å². The molecular weight excluding hydrogens is 318 g/mol. The Morgan fingerprint density at radius 1 is 1.32 bits per heavy atom. The molecule has 138 valence electrons. The average molecular weight is 347 g/mol. The van der Waals surface area contributed by atoms with Gasteiger partial charge in [0.2, 0.25) is 5.91 Å². The van der Waals surface area contributed by atoms with Crippen molar-refractivity contribution in [3.63, 3.8) is 0 Å². The Morgan fingerprint density at radius 2 is 2.04 bits per heavy atom. The van der Waals surface area contributed by atoms with E-state index in [1.165, 1.54) is 0 Å². The summed E-state index contributed by atoms with van der Waals surface area (Å²) in [5, 5.41) is 10.4. The third-order valence-corrected chi connectivity index (χ3v) is 4.85. The number of rotatable bonds is 6. The maximum absolute atomic E-state index is 12.3. The number of urea groups is 1. The third-order valence-electron chi connectivity index (χ3n) is 4.85. The van der Waals surface area contributed by atoms with Gasteiger partial charge in [0.15, 0.2) is 0 Å². The van der Waals surface area contributed by atoms with Gasteiger partial charge < -0.3 is 10.2 Å². The molecule has 1 aliphatic carbocycles. The molecule has 0 bridgehead atoms. The number of likely N-dealkylation sites (tertiary alicyclic amines) is 1. The minimum Gasteiger partial charge on any atom is -0.339 e. The van der Waals surface area contributed by atoms with E-state index >= 15 is 0 Å². The monoisotopic (exact) mass is 347 g/mol. The summed E-state index contributed by atoms with van der Waals surface area (Å²) in [6.45, 7) is 9.53. The first kappa shape index (κ1) is 17.8. The molecule has 3 amide bonds. The van der Waals surface area contributed by atoms with Crippen molar-refractivity contribution in [3.8, 4) is 0 Å². The molecule has 0 aromatic carbocycles. The molecule has 1 saturated carbocycles. The number of carbonyl (C=O) groups is 2. The molecule has 2 fully saturated rings. The molecule has 3 rings (SSSR count). The smallest absolute Gasteiger partial charge is 0.320 e. The fourth-order valence-electron chi connectivity index (χ4n) is 3.26. The molecular formula is C18H29N5O2. The van der Waals surface area contributed by atoms with Crippen LogP contribution in [0.2, 0.25) is 0 Å². The van der Waals surface area contributed by atoms with Gasteiger partial charge >= 0.3 is 6.03 Å². The lowest BCUT2D eigenvalue weighted by atomic mass is 10.1. The van der Waals surface area contributed by atoms with Crippen molar-refractivity contribution in [1.82, 2.24) is 20.0 Å². The van der Waals surface area contributed by atoms with Gasteiger partial charge in [0.1, 0.15) is 5.82 Å². The topological polar surface area (TPSA) is 79.3 Å². The first-order chi connectivity index (χ1) is 11.8. The number of hydrogen-bond acceptors (Lipinski definition) is 3. The van der Waals surface area contributed by atoms with Crippen molar-refractivity contribution in [3.05, 3.63) is 11.8 Å². The summed E-state index contributed by atoms with van der Waals surface area (Å²) in [4.78, 5) is 26.2. The number of nitrogens with one attached hydrogen (secondary N) is 2. The molecule has 2 heterocycles. The Labute approximate surface area is 149 Å². The van der Waals surface area contributed by atoms with Crippen LogP contribution in [0.4, 0.5) is 10.6 Å². The van der Waals surface area contributed by atoms with Crippen molar-refractivity contribution in [2.75, 3.05) is 18.4 Å². The second-order valence-electron chi connectivity index (χ2n) is 7.83. The Balaban J connectivity index is 1.53. The zero-order chi connectivity index (χ0) is 18.1. The van der Waals surface area contributed by atoms with Crippen LogP contribution in [0.25, 0.3) is 0 Å². The molecule has 1 unspecified atom stereocenters. The average Bonchev–Trinajstić information content (AvgIpc) is 3.18. The van der Waals surface area contributed by atoms with Crippen LogP contribution < -0.4 is 10.6 Å². The lowest BCUT2D eigenvalue weighted by Gasteiger charge is -2.16. The maximum Gasteiger partial charge on any atom is 0.320 e. The van der Waals surface area contributed by atoms with E-state index in [4.69, 9.17) is 0 Å². The summed E-state index contributed by atoms with van der Waals surface area (Å²) in [5.74, 6) is 1.45. The summed E-state index contributed by atoms with van der Waals surface area (Å²) >= 11 is 0. The van der Waals surface area contributed by atoms with Crippen LogP contribution in [0.15, 0.2) is 6.07 Å². The summed E-state index contributed by atoms with van der Waals surface area (Å²) in [6.07, 6.45) is 2.80. The van der Waals surface area contributed by atoms with E-state index in [0.717, 1.165) is 25.1 Å². The highest BCUT2D eigenvalue weighted by Crippen LogP contribution is 2.32. The number of amides is 3. The van der Waals surface area contributed by atoms with Crippen LogP contribution >= 0.6 is 0 Å².